The highest BCUT2D eigenvalue weighted by Crippen LogP contribution is 2.33. The number of fused-ring (bicyclic) bond motifs is 2. The Kier molecular flexibility index (Phi) is 6.70. The van der Waals surface area contributed by atoms with Crippen molar-refractivity contribution in [3.8, 4) is 5.75 Å². The van der Waals surface area contributed by atoms with Crippen LogP contribution >= 0.6 is 0 Å². The second kappa shape index (κ2) is 10.4. The van der Waals surface area contributed by atoms with Crippen molar-refractivity contribution in [2.24, 2.45) is 0 Å². The first-order chi connectivity index (χ1) is 17.8. The third kappa shape index (κ3) is 4.51. The molecule has 2 atom stereocenters. The molecule has 188 valence electrons. The van der Waals surface area contributed by atoms with Crippen LogP contribution in [-0.2, 0) is 11.3 Å². The lowest BCUT2D eigenvalue weighted by molar-refractivity contribution is 0.0825. The fraction of sp³-hybridized carbons (Fsp3) is 0.464. The van der Waals surface area contributed by atoms with E-state index >= 15 is 0 Å². The van der Waals surface area contributed by atoms with Gasteiger partial charge < -0.3 is 19.4 Å². The van der Waals surface area contributed by atoms with Crippen LogP contribution in [0.4, 0.5) is 5.82 Å². The van der Waals surface area contributed by atoms with Crippen LogP contribution in [0.15, 0.2) is 49.1 Å². The molecule has 2 fully saturated rings. The lowest BCUT2D eigenvalue weighted by Gasteiger charge is -2.27. The van der Waals surface area contributed by atoms with Crippen molar-refractivity contribution in [2.45, 2.75) is 51.2 Å². The van der Waals surface area contributed by atoms with E-state index in [2.05, 4.69) is 73.1 Å². The highest BCUT2D eigenvalue weighted by molar-refractivity contribution is 5.91. The van der Waals surface area contributed by atoms with E-state index in [9.17, 15) is 0 Å². The van der Waals surface area contributed by atoms with E-state index in [0.717, 1.165) is 62.8 Å². The Labute approximate surface area is 211 Å². The fourth-order valence-corrected chi connectivity index (χ4v) is 5.81. The summed E-state index contributed by atoms with van der Waals surface area (Å²) in [6.07, 6.45) is 7.93. The summed E-state index contributed by atoms with van der Waals surface area (Å²) in [5.74, 6) is 1.86. The third-order valence-electron chi connectivity index (χ3n) is 7.64. The summed E-state index contributed by atoms with van der Waals surface area (Å²) in [5, 5.41) is 2.45. The molecule has 8 nitrogen and oxygen atoms in total. The van der Waals surface area contributed by atoms with Gasteiger partial charge in [0, 0.05) is 31.1 Å². The van der Waals surface area contributed by atoms with Crippen molar-refractivity contribution in [2.75, 3.05) is 37.8 Å². The molecule has 2 aliphatic rings. The molecule has 0 saturated carbocycles. The van der Waals surface area contributed by atoms with Gasteiger partial charge in [0.25, 0.3) is 0 Å². The number of nitrogens with zero attached hydrogens (tertiary/aromatic N) is 5. The molecule has 8 heteroatoms. The SMILES string of the molecule is CCOC[C@H]1CCCN1Cc1ccc(OC[C@H]2CCCN2c2ncnc3nc[nH]c23)c2ccccc12. The zero-order chi connectivity index (χ0) is 24.3. The maximum Gasteiger partial charge on any atom is 0.182 e. The van der Waals surface area contributed by atoms with Gasteiger partial charge in [-0.25, -0.2) is 15.0 Å². The van der Waals surface area contributed by atoms with Gasteiger partial charge >= 0.3 is 0 Å². The molecule has 2 aromatic carbocycles. The summed E-state index contributed by atoms with van der Waals surface area (Å²) in [7, 11) is 0. The van der Waals surface area contributed by atoms with Gasteiger partial charge in [-0.15, -0.1) is 0 Å². The number of rotatable bonds is 9. The summed E-state index contributed by atoms with van der Waals surface area (Å²) < 4.78 is 12.3. The Balaban J connectivity index is 1.20. The number of imidazole rings is 1. The van der Waals surface area contributed by atoms with Crippen LogP contribution in [-0.4, -0.2) is 69.8 Å². The lowest BCUT2D eigenvalue weighted by Crippen LogP contribution is -2.35. The van der Waals surface area contributed by atoms with Crippen molar-refractivity contribution in [3.05, 3.63) is 54.6 Å². The first-order valence-corrected chi connectivity index (χ1v) is 13.2. The molecule has 6 rings (SSSR count). The summed E-state index contributed by atoms with van der Waals surface area (Å²) in [4.78, 5) is 21.3. The number of H-pyrrole nitrogens is 1. The van der Waals surface area contributed by atoms with Crippen LogP contribution < -0.4 is 9.64 Å². The predicted molar refractivity (Wildman–Crippen MR) is 141 cm³/mol. The highest BCUT2D eigenvalue weighted by Gasteiger charge is 2.29. The van der Waals surface area contributed by atoms with Crippen molar-refractivity contribution < 1.29 is 9.47 Å². The van der Waals surface area contributed by atoms with E-state index in [1.54, 1.807) is 12.7 Å². The number of ether oxygens (including phenoxy) is 2. The molecule has 0 amide bonds. The highest BCUT2D eigenvalue weighted by atomic mass is 16.5. The summed E-state index contributed by atoms with van der Waals surface area (Å²) in [5.41, 5.74) is 2.95. The van der Waals surface area contributed by atoms with E-state index in [-0.39, 0.29) is 6.04 Å². The Morgan fingerprint density at radius 3 is 2.72 bits per heavy atom. The Bertz CT molecular complexity index is 1320. The molecule has 1 N–H and O–H groups in total. The average molecular weight is 487 g/mol. The Morgan fingerprint density at radius 2 is 1.81 bits per heavy atom. The Morgan fingerprint density at radius 1 is 0.944 bits per heavy atom. The number of benzene rings is 2. The monoisotopic (exact) mass is 486 g/mol. The maximum absolute atomic E-state index is 6.50. The number of aromatic nitrogens is 4. The fourth-order valence-electron chi connectivity index (χ4n) is 5.81. The van der Waals surface area contributed by atoms with Crippen molar-refractivity contribution in [1.29, 1.82) is 0 Å². The smallest absolute Gasteiger partial charge is 0.182 e. The van der Waals surface area contributed by atoms with Crippen LogP contribution in [0, 0.1) is 0 Å². The van der Waals surface area contributed by atoms with E-state index in [1.165, 1.54) is 29.2 Å². The first-order valence-electron chi connectivity index (χ1n) is 13.2. The summed E-state index contributed by atoms with van der Waals surface area (Å²) >= 11 is 0. The molecule has 0 spiro atoms. The van der Waals surface area contributed by atoms with Gasteiger partial charge in [-0.3, -0.25) is 4.90 Å². The third-order valence-corrected chi connectivity index (χ3v) is 7.64. The van der Waals surface area contributed by atoms with Crippen LogP contribution in [0.5, 0.6) is 5.75 Å². The minimum atomic E-state index is 0.258. The zero-order valence-corrected chi connectivity index (χ0v) is 20.9. The van der Waals surface area contributed by atoms with Gasteiger partial charge in [-0.05, 0) is 56.2 Å². The topological polar surface area (TPSA) is 79.4 Å². The van der Waals surface area contributed by atoms with E-state index in [0.29, 0.717) is 18.3 Å². The molecule has 4 heterocycles. The molecule has 0 bridgehead atoms. The number of nitrogens with one attached hydrogen (secondary N) is 1. The predicted octanol–water partition coefficient (Wildman–Crippen LogP) is 4.55. The van der Waals surface area contributed by atoms with Gasteiger partial charge in [-0.2, -0.15) is 0 Å². The van der Waals surface area contributed by atoms with Crippen LogP contribution in [0.1, 0.15) is 38.2 Å². The molecule has 36 heavy (non-hydrogen) atoms. The quantitative estimate of drug-likeness (QED) is 0.372. The minimum Gasteiger partial charge on any atom is -0.491 e. The number of hydrogen-bond donors (Lipinski definition) is 1. The summed E-state index contributed by atoms with van der Waals surface area (Å²) in [6, 6.07) is 13.8. The van der Waals surface area contributed by atoms with Gasteiger partial charge in [-0.1, -0.05) is 30.3 Å². The number of aromatic amines is 1. The lowest BCUT2D eigenvalue weighted by atomic mass is 10.0. The van der Waals surface area contributed by atoms with Gasteiger partial charge in [0.05, 0.1) is 19.0 Å². The standard InChI is InChI=1S/C28H34N6O2/c1-2-35-16-21-7-5-13-33(21)15-20-11-12-25(24-10-4-3-9-23(20)24)36-17-22-8-6-14-34(22)28-26-27(30-18-29-26)31-19-32-28/h3-4,9-12,18-19,21-22H,2,5-8,13-17H2,1H3,(H,29,30,31,32)/t21-,22-/m1/s1. The number of likely N-dealkylation sites (tertiary alicyclic amines) is 1. The molecule has 2 aromatic heterocycles. The van der Waals surface area contributed by atoms with Crippen LogP contribution in [0.3, 0.4) is 0 Å². The van der Waals surface area contributed by atoms with E-state index in [4.69, 9.17) is 9.47 Å². The molecular weight excluding hydrogens is 452 g/mol. The Hall–Kier alpha value is -3.23. The molecular formula is C28H34N6O2. The molecule has 0 unspecified atom stereocenters. The maximum atomic E-state index is 6.50. The van der Waals surface area contributed by atoms with Crippen LogP contribution in [0.25, 0.3) is 21.9 Å². The normalized spacial score (nSPS) is 20.6. The number of hydrogen-bond acceptors (Lipinski definition) is 7. The zero-order valence-electron chi connectivity index (χ0n) is 20.9. The summed E-state index contributed by atoms with van der Waals surface area (Å²) in [6.45, 7) is 7.33. The molecule has 2 saturated heterocycles. The van der Waals surface area contributed by atoms with E-state index in [1.807, 2.05) is 0 Å². The molecule has 0 radical (unpaired) electrons. The van der Waals surface area contributed by atoms with Gasteiger partial charge in [0.1, 0.15) is 24.2 Å². The van der Waals surface area contributed by atoms with Crippen molar-refractivity contribution in [3.63, 3.8) is 0 Å². The molecule has 2 aliphatic heterocycles. The average Bonchev–Trinajstić information content (AvgIpc) is 3.68. The number of anilines is 1. The molecule has 0 aliphatic carbocycles. The van der Waals surface area contributed by atoms with Gasteiger partial charge in [0.15, 0.2) is 11.5 Å². The van der Waals surface area contributed by atoms with Crippen molar-refractivity contribution >= 4 is 27.8 Å². The largest absolute Gasteiger partial charge is 0.491 e. The van der Waals surface area contributed by atoms with E-state index < -0.39 is 0 Å². The van der Waals surface area contributed by atoms with Gasteiger partial charge in [0.2, 0.25) is 0 Å². The van der Waals surface area contributed by atoms with Crippen molar-refractivity contribution in [1.82, 2.24) is 24.8 Å². The minimum absolute atomic E-state index is 0.258. The first kappa shape index (κ1) is 23.2. The molecule has 4 aromatic rings. The van der Waals surface area contributed by atoms with Crippen LogP contribution in [0.2, 0.25) is 0 Å². The second-order valence-electron chi connectivity index (χ2n) is 9.79. The second-order valence-corrected chi connectivity index (χ2v) is 9.79.